The summed E-state index contributed by atoms with van der Waals surface area (Å²) in [4.78, 5) is 37.9. The van der Waals surface area contributed by atoms with Crippen LogP contribution in [0.2, 0.25) is 5.02 Å². The van der Waals surface area contributed by atoms with E-state index in [-0.39, 0.29) is 49.4 Å². The van der Waals surface area contributed by atoms with Crippen LogP contribution >= 0.6 is 11.6 Å². The highest BCUT2D eigenvalue weighted by Gasteiger charge is 2.42. The lowest BCUT2D eigenvalue weighted by Gasteiger charge is -2.22. The molecule has 33 heavy (non-hydrogen) atoms. The molecule has 0 aromatic heterocycles. The molecule has 0 bridgehead atoms. The molecule has 2 heterocycles. The van der Waals surface area contributed by atoms with Crippen LogP contribution in [-0.2, 0) is 30.4 Å². The van der Waals surface area contributed by atoms with Gasteiger partial charge in [0.05, 0.1) is 18.8 Å². The Morgan fingerprint density at radius 2 is 1.82 bits per heavy atom. The Hall–Kier alpha value is -2.90. The fraction of sp³-hybridized carbons (Fsp3) is 0.400. The maximum absolute atomic E-state index is 13.0. The predicted molar refractivity (Wildman–Crippen MR) is 122 cm³/mol. The molecule has 2 fully saturated rings. The number of hydrogen-bond donors (Lipinski definition) is 2. The van der Waals surface area contributed by atoms with Gasteiger partial charge in [-0.3, -0.25) is 14.4 Å². The molecule has 2 amide bonds. The summed E-state index contributed by atoms with van der Waals surface area (Å²) in [6.45, 7) is 0.505. The first-order valence-corrected chi connectivity index (χ1v) is 11.5. The van der Waals surface area contributed by atoms with Crippen molar-refractivity contribution in [3.8, 4) is 0 Å². The zero-order chi connectivity index (χ0) is 23.2. The molecule has 174 valence electrons. The summed E-state index contributed by atoms with van der Waals surface area (Å²) in [6, 6.07) is 16.5. The molecule has 2 aliphatic heterocycles. The number of carbonyl (C=O) groups excluding carboxylic acids is 3. The molecule has 2 N–H and O–H groups in total. The maximum Gasteiger partial charge on any atom is 0.306 e. The van der Waals surface area contributed by atoms with E-state index >= 15 is 0 Å². The molecule has 0 saturated carbocycles. The lowest BCUT2D eigenvalue weighted by Crippen LogP contribution is -2.38. The smallest absolute Gasteiger partial charge is 0.306 e. The van der Waals surface area contributed by atoms with Crippen LogP contribution in [0.3, 0.4) is 0 Å². The molecule has 2 aromatic rings. The molecule has 0 radical (unpaired) electrons. The van der Waals surface area contributed by atoms with Crippen molar-refractivity contribution in [2.24, 2.45) is 5.92 Å². The van der Waals surface area contributed by atoms with E-state index in [0.717, 1.165) is 11.1 Å². The van der Waals surface area contributed by atoms with Gasteiger partial charge < -0.3 is 20.1 Å². The fourth-order valence-electron chi connectivity index (χ4n) is 4.01. The number of benzene rings is 2. The summed E-state index contributed by atoms with van der Waals surface area (Å²) >= 11 is 5.90. The largest absolute Gasteiger partial charge is 0.456 e. The van der Waals surface area contributed by atoms with Gasteiger partial charge in [-0.05, 0) is 36.1 Å². The van der Waals surface area contributed by atoms with Gasteiger partial charge in [-0.15, -0.1) is 0 Å². The van der Waals surface area contributed by atoms with Gasteiger partial charge in [-0.25, -0.2) is 0 Å². The van der Waals surface area contributed by atoms with Crippen LogP contribution in [0.1, 0.15) is 42.9 Å². The minimum Gasteiger partial charge on any atom is -0.456 e. The molecular weight excluding hydrogens is 444 g/mol. The van der Waals surface area contributed by atoms with Gasteiger partial charge in [0.25, 0.3) is 0 Å². The zero-order valence-corrected chi connectivity index (χ0v) is 18.9. The molecule has 0 aliphatic carbocycles. The standard InChI is InChI=1S/C25H27ClN2O5/c26-19-8-6-16(7-9-19)14-27-23(29)13-18-12-21-20(32-21)10-11-24(30)33-22(15-28-25(18)31)17-4-2-1-3-5-17/h1-9,18,20-22H,10-15H2,(H,27,29)(H,28,31)/t18-,20?,21-,22-/m0/s1. The van der Waals surface area contributed by atoms with E-state index in [1.807, 2.05) is 42.5 Å². The third-order valence-electron chi connectivity index (χ3n) is 5.95. The second kappa shape index (κ2) is 10.8. The number of ether oxygens (including phenoxy) is 2. The van der Waals surface area contributed by atoms with Crippen molar-refractivity contribution in [3.05, 3.63) is 70.7 Å². The SMILES string of the molecule is O=C(C[C@@H]1C[C@@H]2OC2CCC(=O)O[C@H](c2ccccc2)CNC1=O)NCc1ccc(Cl)cc1. The number of fused-ring (bicyclic) bond motifs is 1. The van der Waals surface area contributed by atoms with Crippen LogP contribution in [0.15, 0.2) is 54.6 Å². The van der Waals surface area contributed by atoms with Crippen LogP contribution in [-0.4, -0.2) is 36.5 Å². The van der Waals surface area contributed by atoms with Crippen molar-refractivity contribution in [1.29, 1.82) is 0 Å². The lowest BCUT2D eigenvalue weighted by molar-refractivity contribution is -0.150. The van der Waals surface area contributed by atoms with Crippen molar-refractivity contribution in [2.45, 2.75) is 50.5 Å². The number of nitrogens with one attached hydrogen (secondary N) is 2. The van der Waals surface area contributed by atoms with Crippen LogP contribution in [0.4, 0.5) is 0 Å². The number of rotatable bonds is 5. The van der Waals surface area contributed by atoms with Crippen molar-refractivity contribution in [3.63, 3.8) is 0 Å². The van der Waals surface area contributed by atoms with Gasteiger partial charge in [-0.1, -0.05) is 54.1 Å². The molecule has 2 aliphatic rings. The highest BCUT2D eigenvalue weighted by atomic mass is 35.5. The number of epoxide rings is 1. The molecule has 2 saturated heterocycles. The third kappa shape index (κ3) is 6.79. The minimum atomic E-state index is -0.586. The maximum atomic E-state index is 13.0. The quantitative estimate of drug-likeness (QED) is 0.516. The molecule has 8 heteroatoms. The lowest BCUT2D eigenvalue weighted by atomic mass is 9.95. The van der Waals surface area contributed by atoms with Gasteiger partial charge in [-0.2, -0.15) is 0 Å². The van der Waals surface area contributed by atoms with E-state index in [4.69, 9.17) is 21.1 Å². The Balaban J connectivity index is 1.39. The number of hydrogen-bond acceptors (Lipinski definition) is 5. The van der Waals surface area contributed by atoms with Crippen LogP contribution in [0.25, 0.3) is 0 Å². The fourth-order valence-corrected chi connectivity index (χ4v) is 4.14. The number of carbonyl (C=O) groups is 3. The Morgan fingerprint density at radius 1 is 1.06 bits per heavy atom. The summed E-state index contributed by atoms with van der Waals surface area (Å²) in [5.74, 6) is -1.30. The summed E-state index contributed by atoms with van der Waals surface area (Å²) in [6.07, 6.45) is 0.503. The topological polar surface area (TPSA) is 97.0 Å². The van der Waals surface area contributed by atoms with E-state index in [0.29, 0.717) is 24.4 Å². The normalized spacial score (nSPS) is 25.5. The monoisotopic (exact) mass is 470 g/mol. The highest BCUT2D eigenvalue weighted by Crippen LogP contribution is 2.34. The molecule has 4 atom stereocenters. The van der Waals surface area contributed by atoms with E-state index in [1.54, 1.807) is 12.1 Å². The summed E-state index contributed by atoms with van der Waals surface area (Å²) in [5, 5.41) is 6.38. The molecule has 2 aromatic carbocycles. The minimum absolute atomic E-state index is 0.0573. The Labute approximate surface area is 197 Å². The molecule has 4 rings (SSSR count). The third-order valence-corrected chi connectivity index (χ3v) is 6.20. The Kier molecular flexibility index (Phi) is 7.62. The van der Waals surface area contributed by atoms with E-state index in [1.165, 1.54) is 0 Å². The molecule has 7 nitrogen and oxygen atoms in total. The van der Waals surface area contributed by atoms with Crippen LogP contribution < -0.4 is 10.6 Å². The molecule has 0 spiro atoms. The van der Waals surface area contributed by atoms with Crippen LogP contribution in [0.5, 0.6) is 0 Å². The summed E-state index contributed by atoms with van der Waals surface area (Å²) in [5.41, 5.74) is 1.73. The Morgan fingerprint density at radius 3 is 2.58 bits per heavy atom. The van der Waals surface area contributed by atoms with Gasteiger partial charge in [0.15, 0.2) is 0 Å². The predicted octanol–water partition coefficient (Wildman–Crippen LogP) is 3.31. The average molecular weight is 471 g/mol. The molecule has 1 unspecified atom stereocenters. The van der Waals surface area contributed by atoms with Gasteiger partial charge in [0, 0.05) is 30.3 Å². The Bertz CT molecular complexity index is 982. The van der Waals surface area contributed by atoms with Crippen molar-refractivity contribution in [2.75, 3.05) is 6.54 Å². The second-order valence-corrected chi connectivity index (χ2v) is 8.86. The van der Waals surface area contributed by atoms with Crippen molar-refractivity contribution in [1.82, 2.24) is 10.6 Å². The summed E-state index contributed by atoms with van der Waals surface area (Å²) < 4.78 is 11.3. The summed E-state index contributed by atoms with van der Waals surface area (Å²) in [7, 11) is 0. The zero-order valence-electron chi connectivity index (χ0n) is 18.2. The van der Waals surface area contributed by atoms with Gasteiger partial charge in [0.1, 0.15) is 6.10 Å². The van der Waals surface area contributed by atoms with E-state index in [2.05, 4.69) is 10.6 Å². The number of cyclic esters (lactones) is 1. The highest BCUT2D eigenvalue weighted by molar-refractivity contribution is 6.30. The van der Waals surface area contributed by atoms with Crippen molar-refractivity contribution >= 4 is 29.4 Å². The second-order valence-electron chi connectivity index (χ2n) is 8.43. The first-order valence-electron chi connectivity index (χ1n) is 11.2. The molecular formula is C25H27ClN2O5. The number of amides is 2. The van der Waals surface area contributed by atoms with Crippen LogP contribution in [0, 0.1) is 5.92 Å². The van der Waals surface area contributed by atoms with Gasteiger partial charge >= 0.3 is 5.97 Å². The van der Waals surface area contributed by atoms with Gasteiger partial charge in [0.2, 0.25) is 11.8 Å². The first kappa shape index (κ1) is 23.3. The average Bonchev–Trinajstić information content (AvgIpc) is 3.57. The van der Waals surface area contributed by atoms with E-state index in [9.17, 15) is 14.4 Å². The number of esters is 1. The van der Waals surface area contributed by atoms with E-state index < -0.39 is 12.0 Å². The first-order chi connectivity index (χ1) is 16.0. The van der Waals surface area contributed by atoms with Crippen molar-refractivity contribution < 1.29 is 23.9 Å². The number of halogens is 1.